The van der Waals surface area contributed by atoms with Crippen LogP contribution in [0.15, 0.2) is 42.2 Å². The van der Waals surface area contributed by atoms with Crippen molar-refractivity contribution in [2.75, 3.05) is 32.6 Å². The van der Waals surface area contributed by atoms with Crippen LogP contribution in [0.3, 0.4) is 0 Å². The average molecular weight is 797 g/mol. The normalized spacial score (nSPS) is 30.4. The molecule has 5 N–H and O–H groups in total. The average Bonchev–Trinajstić information content (AvgIpc) is 3.44. The number of nitrogens with one attached hydrogen (secondary N) is 1. The molecular weight excluding hydrogens is 740 g/mol. The van der Waals surface area contributed by atoms with Crippen molar-refractivity contribution in [3.8, 4) is 23.0 Å². The number of amides is 2. The number of phenolic OH excluding ortho intramolecular Hbond substituents is 2. The van der Waals surface area contributed by atoms with Crippen molar-refractivity contribution >= 4 is 40.0 Å². The Morgan fingerprint density at radius 3 is 2.26 bits per heavy atom. The van der Waals surface area contributed by atoms with E-state index in [4.69, 9.17) is 23.7 Å². The topological polar surface area (TPSA) is 211 Å². The van der Waals surface area contributed by atoms with Gasteiger partial charge in [-0.25, -0.2) is 0 Å². The maximum absolute atomic E-state index is 14.4. The highest BCUT2D eigenvalue weighted by Crippen LogP contribution is 2.54. The summed E-state index contributed by atoms with van der Waals surface area (Å²) in [5.74, 6) is -8.07. The number of aliphatic hydroxyl groups is 2. The van der Waals surface area contributed by atoms with Crippen LogP contribution in [0.1, 0.15) is 71.3 Å². The Bertz CT molecular complexity index is 1970. The van der Waals surface area contributed by atoms with E-state index < -0.39 is 95.5 Å². The molecule has 5 bridgehead atoms. The molecule has 0 saturated heterocycles. The van der Waals surface area contributed by atoms with E-state index in [0.29, 0.717) is 6.54 Å². The Kier molecular flexibility index (Phi) is 14.1. The Labute approximate surface area is 332 Å². The van der Waals surface area contributed by atoms with E-state index in [2.05, 4.69) is 5.32 Å². The first kappa shape index (κ1) is 44.6. The Balaban J connectivity index is 1.94. The van der Waals surface area contributed by atoms with Crippen LogP contribution >= 0.6 is 0 Å². The molecule has 0 unspecified atom stereocenters. The number of allylic oxidation sites excluding steroid dienone is 2. The van der Waals surface area contributed by atoms with Crippen LogP contribution in [0.2, 0.25) is 0 Å². The molecule has 3 heterocycles. The lowest BCUT2D eigenvalue weighted by molar-refractivity contribution is -0.160. The van der Waals surface area contributed by atoms with Crippen LogP contribution in [-0.4, -0.2) is 106 Å². The third-order valence-corrected chi connectivity index (χ3v) is 11.1. The SMILES string of the molecule is CCN(C)C(=O)COc1cc2c(O)c3c(O)c(C)c4c(c13)C(=O)[C@@](C)(O/C=C/[C@H](OC)[C@@H](C)[C@@H](OC(C)=O)[C@H](C)[C@@H](O)[C@H](C)[C@H](O)[C@H](C)/C=C/C=C(/C)C(=O)N2)O4. The summed E-state index contributed by atoms with van der Waals surface area (Å²) in [6.45, 7) is 14.2. The van der Waals surface area contributed by atoms with Crippen molar-refractivity contribution in [2.45, 2.75) is 92.5 Å². The summed E-state index contributed by atoms with van der Waals surface area (Å²) in [5.41, 5.74) is -0.0201. The number of Topliss-reactive ketones (excluding diaryl/α,β-unsaturated/α-hetero) is 1. The lowest BCUT2D eigenvalue weighted by atomic mass is 9.78. The number of aliphatic hydroxyl groups excluding tert-OH is 2. The molecule has 15 nitrogen and oxygen atoms in total. The van der Waals surface area contributed by atoms with Gasteiger partial charge in [-0.05, 0) is 26.8 Å². The lowest BCUT2D eigenvalue weighted by Gasteiger charge is -2.38. The molecule has 2 aromatic rings. The number of aromatic hydroxyl groups is 2. The van der Waals surface area contributed by atoms with Gasteiger partial charge < -0.3 is 54.3 Å². The van der Waals surface area contributed by atoms with E-state index in [-0.39, 0.29) is 44.7 Å². The number of anilines is 1. The number of carbonyl (C=O) groups is 4. The number of carbonyl (C=O) groups excluding carboxylic acids is 4. The number of rotatable bonds is 6. The number of hydrogen-bond acceptors (Lipinski definition) is 13. The predicted molar refractivity (Wildman–Crippen MR) is 211 cm³/mol. The zero-order chi connectivity index (χ0) is 42.7. The molecule has 0 aromatic heterocycles. The minimum atomic E-state index is -2.02. The van der Waals surface area contributed by atoms with Gasteiger partial charge in [0.15, 0.2) is 12.4 Å². The minimum absolute atomic E-state index is 0.0602. The number of ketones is 1. The van der Waals surface area contributed by atoms with Crippen molar-refractivity contribution in [3.05, 3.63) is 53.3 Å². The quantitative estimate of drug-likeness (QED) is 0.195. The molecule has 5 rings (SSSR count). The number of fused-ring (bicyclic) bond motifs is 14. The van der Waals surface area contributed by atoms with Gasteiger partial charge in [0.05, 0.1) is 41.2 Å². The molecule has 0 aliphatic carbocycles. The van der Waals surface area contributed by atoms with Crippen LogP contribution < -0.4 is 14.8 Å². The monoisotopic (exact) mass is 796 g/mol. The second kappa shape index (κ2) is 18.0. The molecule has 312 valence electrons. The summed E-state index contributed by atoms with van der Waals surface area (Å²) < 4.78 is 29.6. The van der Waals surface area contributed by atoms with E-state index in [9.17, 15) is 39.6 Å². The number of methoxy groups -OCH3 is 1. The van der Waals surface area contributed by atoms with Gasteiger partial charge in [0, 0.05) is 80.8 Å². The van der Waals surface area contributed by atoms with Gasteiger partial charge in [0.1, 0.15) is 23.4 Å². The number of nitrogens with zero attached hydrogens (tertiary/aromatic N) is 1. The first-order chi connectivity index (χ1) is 26.7. The van der Waals surface area contributed by atoms with E-state index in [1.807, 2.05) is 0 Å². The van der Waals surface area contributed by atoms with Crippen LogP contribution in [0.4, 0.5) is 5.69 Å². The summed E-state index contributed by atoms with van der Waals surface area (Å²) in [6, 6.07) is 1.26. The minimum Gasteiger partial charge on any atom is -0.507 e. The Hall–Kier alpha value is -5.12. The van der Waals surface area contributed by atoms with Gasteiger partial charge in [0.25, 0.3) is 17.6 Å². The third kappa shape index (κ3) is 9.05. The van der Waals surface area contributed by atoms with Gasteiger partial charge in [-0.1, -0.05) is 45.9 Å². The fraction of sp³-hybridized carbons (Fsp3) is 0.524. The molecule has 0 saturated carbocycles. The summed E-state index contributed by atoms with van der Waals surface area (Å²) in [5, 5.41) is 48.2. The number of hydrogen-bond donors (Lipinski definition) is 5. The van der Waals surface area contributed by atoms with Crippen LogP contribution in [-0.2, 0) is 28.6 Å². The summed E-state index contributed by atoms with van der Waals surface area (Å²) >= 11 is 0. The highest BCUT2D eigenvalue weighted by Gasteiger charge is 2.49. The molecule has 3 aliphatic heterocycles. The van der Waals surface area contributed by atoms with Gasteiger partial charge in [0.2, 0.25) is 0 Å². The molecule has 15 heteroatoms. The second-order valence-corrected chi connectivity index (χ2v) is 15.1. The van der Waals surface area contributed by atoms with Gasteiger partial charge in [-0.15, -0.1) is 0 Å². The smallest absolute Gasteiger partial charge is 0.312 e. The predicted octanol–water partition coefficient (Wildman–Crippen LogP) is 4.91. The molecule has 9 atom stereocenters. The highest BCUT2D eigenvalue weighted by atomic mass is 16.7. The Morgan fingerprint density at radius 2 is 1.65 bits per heavy atom. The fourth-order valence-corrected chi connectivity index (χ4v) is 7.17. The molecule has 3 aliphatic rings. The van der Waals surface area contributed by atoms with Crippen LogP contribution in [0.25, 0.3) is 10.8 Å². The van der Waals surface area contributed by atoms with E-state index >= 15 is 0 Å². The largest absolute Gasteiger partial charge is 0.507 e. The van der Waals surface area contributed by atoms with Crippen LogP contribution in [0, 0.1) is 30.6 Å². The van der Waals surface area contributed by atoms with Gasteiger partial charge in [-0.2, -0.15) is 0 Å². The fourth-order valence-electron chi connectivity index (χ4n) is 7.17. The third-order valence-electron chi connectivity index (χ3n) is 11.1. The summed E-state index contributed by atoms with van der Waals surface area (Å²) in [7, 11) is 3.02. The molecule has 0 radical (unpaired) electrons. The number of phenols is 2. The molecular formula is C42H56N2O13. The maximum atomic E-state index is 14.4. The van der Waals surface area contributed by atoms with E-state index in [1.54, 1.807) is 53.8 Å². The van der Waals surface area contributed by atoms with Crippen LogP contribution in [0.5, 0.6) is 23.0 Å². The first-order valence-corrected chi connectivity index (χ1v) is 18.9. The molecule has 0 fully saturated rings. The van der Waals surface area contributed by atoms with Crippen molar-refractivity contribution in [3.63, 3.8) is 0 Å². The summed E-state index contributed by atoms with van der Waals surface area (Å²) in [4.78, 5) is 54.5. The zero-order valence-corrected chi connectivity index (χ0v) is 34.4. The lowest BCUT2D eigenvalue weighted by Crippen LogP contribution is -2.46. The number of esters is 1. The van der Waals surface area contributed by atoms with Crippen molar-refractivity contribution in [1.82, 2.24) is 4.90 Å². The molecule has 57 heavy (non-hydrogen) atoms. The van der Waals surface area contributed by atoms with Crippen molar-refractivity contribution in [1.29, 1.82) is 0 Å². The zero-order valence-electron chi connectivity index (χ0n) is 34.4. The molecule has 0 spiro atoms. The van der Waals surface area contributed by atoms with Gasteiger partial charge >= 0.3 is 11.8 Å². The highest BCUT2D eigenvalue weighted by molar-refractivity contribution is 6.21. The number of likely N-dealkylation sites (N-methyl/N-ethyl adjacent to an activating group) is 1. The molecule has 2 aromatic carbocycles. The summed E-state index contributed by atoms with van der Waals surface area (Å²) in [6.07, 6.45) is 3.58. The van der Waals surface area contributed by atoms with E-state index in [0.717, 1.165) is 0 Å². The van der Waals surface area contributed by atoms with E-state index in [1.165, 1.54) is 64.2 Å². The second-order valence-electron chi connectivity index (χ2n) is 15.1. The van der Waals surface area contributed by atoms with Crippen molar-refractivity contribution < 1.29 is 63.3 Å². The van der Waals surface area contributed by atoms with Crippen molar-refractivity contribution in [2.24, 2.45) is 23.7 Å². The Morgan fingerprint density at radius 1 is 0.982 bits per heavy atom. The maximum Gasteiger partial charge on any atom is 0.312 e. The van der Waals surface area contributed by atoms with Gasteiger partial charge in [-0.3, -0.25) is 19.2 Å². The number of benzene rings is 2. The first-order valence-electron chi connectivity index (χ1n) is 18.9. The standard InChI is InChI=1S/C42H56N2O13/c1-12-44(10)30(46)19-54-29-18-27-37(50)32-31(29)33-39(25(7)36(32)49)57-42(9,40(33)51)55-17-16-28(53-11)22(4)38(56-26(8)45)24(6)35(48)23(5)34(47)20(2)14-13-15-21(3)41(52)43-27/h13-18,20,22-24,28,34-35,38,47-50H,12,19H2,1-11H3,(H,43,52)/b14-13+,17-16+,21-15-/t20-,22-,23-,24-,28+,34-,35+,38-,42+/m1/s1. The number of ether oxygens (including phenoxy) is 5. The molecule has 2 amide bonds.